The molecule has 0 fully saturated rings. The Hall–Kier alpha value is -3.08. The van der Waals surface area contributed by atoms with E-state index in [0.29, 0.717) is 29.3 Å². The van der Waals surface area contributed by atoms with Crippen LogP contribution < -0.4 is 20.2 Å². The van der Waals surface area contributed by atoms with E-state index in [9.17, 15) is 9.59 Å². The average Bonchev–Trinajstić information content (AvgIpc) is 2.81. The van der Waals surface area contributed by atoms with E-state index in [1.54, 1.807) is 49.6 Å². The minimum atomic E-state index is -0.370. The molecule has 2 aromatic carbocycles. The zero-order chi connectivity index (χ0) is 18.2. The highest BCUT2D eigenvalue weighted by molar-refractivity contribution is 6.07. The Morgan fingerprint density at radius 3 is 2.52 bits per heavy atom. The number of benzene rings is 1. The quantitative estimate of drug-likeness (QED) is 0.619. The van der Waals surface area contributed by atoms with Crippen LogP contribution in [-0.4, -0.2) is 26.5 Å². The van der Waals surface area contributed by atoms with Crippen LogP contribution >= 0.6 is 0 Å². The first-order valence-electron chi connectivity index (χ1n) is 7.93. The fourth-order valence-electron chi connectivity index (χ4n) is 2.42. The second kappa shape index (κ2) is 8.68. The van der Waals surface area contributed by atoms with E-state index >= 15 is 0 Å². The van der Waals surface area contributed by atoms with Crippen molar-refractivity contribution in [3.05, 3.63) is 69.9 Å². The summed E-state index contributed by atoms with van der Waals surface area (Å²) in [5.41, 5.74) is 0.885. The summed E-state index contributed by atoms with van der Waals surface area (Å²) < 4.78 is 10.6. The third kappa shape index (κ3) is 4.26. The number of rotatable bonds is 7. The number of para-hydroxylation sites is 1. The second-order valence-electron chi connectivity index (χ2n) is 5.19. The van der Waals surface area contributed by atoms with Crippen LogP contribution in [0.3, 0.4) is 0 Å². The molecule has 0 radical (unpaired) electrons. The van der Waals surface area contributed by atoms with Gasteiger partial charge >= 0.3 is 0 Å². The van der Waals surface area contributed by atoms with E-state index in [2.05, 4.69) is 5.32 Å². The maximum atomic E-state index is 12.5. The minimum absolute atomic E-state index is 0.110. The molecular weight excluding hydrogens is 318 g/mol. The predicted octanol–water partition coefficient (Wildman–Crippen LogP) is 3.39. The minimum Gasteiger partial charge on any atom is -0.493 e. The molecule has 5 nitrogen and oxygen atoms in total. The molecule has 2 aromatic rings. The maximum Gasteiger partial charge on any atom is 0.212 e. The Labute approximate surface area is 146 Å². The second-order valence-corrected chi connectivity index (χ2v) is 5.19. The number of hydrogen-bond acceptors (Lipinski definition) is 5. The van der Waals surface area contributed by atoms with Gasteiger partial charge in [-0.25, -0.2) is 0 Å². The number of hydrogen-bond donors (Lipinski definition) is 1. The summed E-state index contributed by atoms with van der Waals surface area (Å²) in [7, 11) is 3.08. The highest BCUT2D eigenvalue weighted by Crippen LogP contribution is 2.31. The maximum absolute atomic E-state index is 12.5. The number of nitrogens with one attached hydrogen (secondary N) is 1. The molecular formula is C20H21NO4. The summed E-state index contributed by atoms with van der Waals surface area (Å²) in [6.45, 7) is 2.49. The number of allylic oxidation sites excluding steroid dienone is 1. The molecule has 2 rings (SSSR count). The van der Waals surface area contributed by atoms with Gasteiger partial charge < -0.3 is 14.8 Å². The van der Waals surface area contributed by atoms with Gasteiger partial charge in [0.1, 0.15) is 0 Å². The van der Waals surface area contributed by atoms with Crippen molar-refractivity contribution in [3.8, 4) is 11.5 Å². The summed E-state index contributed by atoms with van der Waals surface area (Å²) in [4.78, 5) is 25.0. The predicted molar refractivity (Wildman–Crippen MR) is 99.8 cm³/mol. The fourth-order valence-corrected chi connectivity index (χ4v) is 2.42. The standard InChI is InChI=1S/C20H21NO4/c1-4-21-16-10-6-5-9-15(19(16)23)17(22)13-12-14-8-7-11-18(24-2)20(14)25-3/h5-13H,4H2,1-3H3,(H,21,23)/b13-12+. The van der Waals surface area contributed by atoms with Crippen molar-refractivity contribution in [2.45, 2.75) is 6.92 Å². The van der Waals surface area contributed by atoms with Crippen LogP contribution in [0, 0.1) is 0 Å². The first-order valence-corrected chi connectivity index (χ1v) is 7.93. The zero-order valence-corrected chi connectivity index (χ0v) is 14.5. The van der Waals surface area contributed by atoms with Crippen LogP contribution in [0.4, 0.5) is 5.69 Å². The topological polar surface area (TPSA) is 64.6 Å². The van der Waals surface area contributed by atoms with Crippen LogP contribution in [0.2, 0.25) is 0 Å². The molecule has 0 atom stereocenters. The van der Waals surface area contributed by atoms with Gasteiger partial charge in [0.15, 0.2) is 17.3 Å². The largest absolute Gasteiger partial charge is 0.493 e. The number of ketones is 1. The Kier molecular flexibility index (Phi) is 6.34. The van der Waals surface area contributed by atoms with Crippen molar-refractivity contribution in [1.29, 1.82) is 0 Å². The van der Waals surface area contributed by atoms with E-state index in [0.717, 1.165) is 0 Å². The highest BCUT2D eigenvalue weighted by atomic mass is 16.5. The van der Waals surface area contributed by atoms with Gasteiger partial charge in [0.25, 0.3) is 0 Å². The fraction of sp³-hybridized carbons (Fsp3) is 0.200. The SMILES string of the molecule is CCNc1ccccc(C(=O)/C=C/c2cccc(OC)c2OC)c1=O. The molecule has 0 spiro atoms. The molecule has 0 amide bonds. The molecule has 0 heterocycles. The normalized spacial score (nSPS) is 10.5. The van der Waals surface area contributed by atoms with Gasteiger partial charge in [-0.3, -0.25) is 9.59 Å². The molecule has 0 aromatic heterocycles. The smallest absolute Gasteiger partial charge is 0.212 e. The number of carbonyl (C=O) groups is 1. The lowest BCUT2D eigenvalue weighted by atomic mass is 10.1. The molecule has 0 saturated heterocycles. The molecule has 0 unspecified atom stereocenters. The number of anilines is 1. The highest BCUT2D eigenvalue weighted by Gasteiger charge is 2.11. The van der Waals surface area contributed by atoms with Crippen LogP contribution in [0.25, 0.3) is 6.08 Å². The summed E-state index contributed by atoms with van der Waals surface area (Å²) in [5.74, 6) is 0.732. The molecule has 0 bridgehead atoms. The van der Waals surface area contributed by atoms with Crippen molar-refractivity contribution < 1.29 is 14.3 Å². The van der Waals surface area contributed by atoms with Crippen molar-refractivity contribution in [3.63, 3.8) is 0 Å². The van der Waals surface area contributed by atoms with Crippen molar-refractivity contribution >= 4 is 17.5 Å². The molecule has 0 aliphatic heterocycles. The van der Waals surface area contributed by atoms with Gasteiger partial charge in [-0.1, -0.05) is 24.3 Å². The zero-order valence-electron chi connectivity index (χ0n) is 14.5. The third-order valence-electron chi connectivity index (χ3n) is 3.61. The van der Waals surface area contributed by atoms with Crippen molar-refractivity contribution in [2.75, 3.05) is 26.1 Å². The van der Waals surface area contributed by atoms with E-state index in [1.165, 1.54) is 19.3 Å². The van der Waals surface area contributed by atoms with E-state index in [-0.39, 0.29) is 16.8 Å². The van der Waals surface area contributed by atoms with Crippen LogP contribution in [-0.2, 0) is 0 Å². The van der Waals surface area contributed by atoms with Gasteiger partial charge in [-0.2, -0.15) is 0 Å². The Bertz CT molecular complexity index is 843. The van der Waals surface area contributed by atoms with E-state index in [4.69, 9.17) is 9.47 Å². The molecule has 1 N–H and O–H groups in total. The van der Waals surface area contributed by atoms with Crippen LogP contribution in [0.15, 0.2) is 53.3 Å². The summed E-state index contributed by atoms with van der Waals surface area (Å²) in [5, 5.41) is 2.97. The molecule has 25 heavy (non-hydrogen) atoms. The molecule has 0 saturated carbocycles. The van der Waals surface area contributed by atoms with Gasteiger partial charge in [0, 0.05) is 12.1 Å². The van der Waals surface area contributed by atoms with Gasteiger partial charge in [-0.05, 0) is 37.3 Å². The Balaban J connectivity index is 2.38. The van der Waals surface area contributed by atoms with Crippen LogP contribution in [0.1, 0.15) is 22.8 Å². The molecule has 5 heteroatoms. The third-order valence-corrected chi connectivity index (χ3v) is 3.61. The first kappa shape index (κ1) is 18.3. The van der Waals surface area contributed by atoms with E-state index < -0.39 is 0 Å². The van der Waals surface area contributed by atoms with Crippen molar-refractivity contribution in [1.82, 2.24) is 0 Å². The van der Waals surface area contributed by atoms with Crippen LogP contribution in [0.5, 0.6) is 11.5 Å². The molecule has 0 aliphatic carbocycles. The Morgan fingerprint density at radius 2 is 1.84 bits per heavy atom. The van der Waals surface area contributed by atoms with Gasteiger partial charge in [0.05, 0.1) is 25.5 Å². The van der Waals surface area contributed by atoms with Gasteiger partial charge in [-0.15, -0.1) is 0 Å². The van der Waals surface area contributed by atoms with Crippen molar-refractivity contribution in [2.24, 2.45) is 0 Å². The molecule has 0 aliphatic rings. The lowest BCUT2D eigenvalue weighted by Crippen LogP contribution is -2.15. The average molecular weight is 339 g/mol. The Morgan fingerprint density at radius 1 is 1.08 bits per heavy atom. The number of methoxy groups -OCH3 is 2. The summed E-state index contributed by atoms with van der Waals surface area (Å²) in [6, 6.07) is 12.0. The van der Waals surface area contributed by atoms with Gasteiger partial charge in [0.2, 0.25) is 5.43 Å². The lowest BCUT2D eigenvalue weighted by molar-refractivity contribution is 0.104. The summed E-state index contributed by atoms with van der Waals surface area (Å²) in [6.07, 6.45) is 2.98. The summed E-state index contributed by atoms with van der Waals surface area (Å²) >= 11 is 0. The number of carbonyl (C=O) groups excluding carboxylic acids is 1. The first-order chi connectivity index (χ1) is 12.1. The van der Waals surface area contributed by atoms with E-state index in [1.807, 2.05) is 6.92 Å². The lowest BCUT2D eigenvalue weighted by Gasteiger charge is -2.09. The number of ether oxygens (including phenoxy) is 2. The molecule has 130 valence electrons. The monoisotopic (exact) mass is 339 g/mol.